The lowest BCUT2D eigenvalue weighted by atomic mass is 10.1. The van der Waals surface area contributed by atoms with E-state index in [1.54, 1.807) is 0 Å². The molecule has 0 aliphatic rings. The van der Waals surface area contributed by atoms with Gasteiger partial charge in [-0.05, 0) is 86.9 Å². The Bertz CT molecular complexity index is 548. The van der Waals surface area contributed by atoms with Crippen LogP contribution in [0.4, 0.5) is 0 Å². The maximum Gasteiger partial charge on any atom is 0.149 e. The highest BCUT2D eigenvalue weighted by Crippen LogP contribution is 2.14. The molecule has 268 valence electrons. The lowest BCUT2D eigenvalue weighted by molar-refractivity contribution is -0.160. The number of ether oxygens (including phenoxy) is 3. The van der Waals surface area contributed by atoms with Gasteiger partial charge < -0.3 is 14.2 Å². The summed E-state index contributed by atoms with van der Waals surface area (Å²) in [6.07, 6.45) is 47.7. The molecular formula is C40H76I2O3. The van der Waals surface area contributed by atoms with Crippen molar-refractivity contribution >= 4 is 45.2 Å². The fraction of sp³-hybridized carbons (Fsp3) is 0.900. The van der Waals surface area contributed by atoms with E-state index in [0.717, 1.165) is 25.7 Å². The Morgan fingerprint density at radius 3 is 0.956 bits per heavy atom. The molecule has 0 saturated heterocycles. The smallest absolute Gasteiger partial charge is 0.149 e. The van der Waals surface area contributed by atoms with Gasteiger partial charge in [-0.3, -0.25) is 0 Å². The number of unbranched alkanes of at least 4 members (excludes halogenated alkanes) is 22. The topological polar surface area (TPSA) is 27.7 Å². The summed E-state index contributed by atoms with van der Waals surface area (Å²) in [5, 5.41) is 0. The molecule has 2 unspecified atom stereocenters. The minimum Gasteiger partial charge on any atom is -0.352 e. The first-order valence-electron chi connectivity index (χ1n) is 19.4. The van der Waals surface area contributed by atoms with E-state index in [4.69, 9.17) is 14.2 Å². The van der Waals surface area contributed by atoms with Gasteiger partial charge in [-0.25, -0.2) is 0 Å². The molecule has 0 aromatic heterocycles. The van der Waals surface area contributed by atoms with Crippen LogP contribution in [0.1, 0.15) is 194 Å². The zero-order chi connectivity index (χ0) is 32.7. The maximum absolute atomic E-state index is 5.79. The lowest BCUT2D eigenvalue weighted by Gasteiger charge is -2.14. The second-order valence-electron chi connectivity index (χ2n) is 13.2. The zero-order valence-electron chi connectivity index (χ0n) is 30.1. The van der Waals surface area contributed by atoms with Gasteiger partial charge in [-0.15, -0.1) is 0 Å². The van der Waals surface area contributed by atoms with Crippen LogP contribution in [0.5, 0.6) is 0 Å². The molecule has 0 amide bonds. The number of hydrogen-bond donors (Lipinski definition) is 0. The predicted octanol–water partition coefficient (Wildman–Crippen LogP) is 14.6. The maximum atomic E-state index is 5.79. The van der Waals surface area contributed by atoms with Crippen LogP contribution in [0.2, 0.25) is 0 Å². The third-order valence-corrected chi connectivity index (χ3v) is 10.2. The van der Waals surface area contributed by atoms with Crippen LogP contribution in [0.3, 0.4) is 0 Å². The number of allylic oxidation sites excluding steroid dienone is 4. The van der Waals surface area contributed by atoms with Gasteiger partial charge in [0.1, 0.15) is 13.6 Å². The van der Waals surface area contributed by atoms with E-state index in [-0.39, 0.29) is 12.2 Å². The summed E-state index contributed by atoms with van der Waals surface area (Å²) in [7, 11) is 0. The second kappa shape index (κ2) is 41.0. The summed E-state index contributed by atoms with van der Waals surface area (Å²) in [5.74, 6) is 0. The van der Waals surface area contributed by atoms with Gasteiger partial charge in [-0.2, -0.15) is 0 Å². The number of alkyl halides is 2. The van der Waals surface area contributed by atoms with Crippen LogP contribution in [-0.2, 0) is 14.2 Å². The molecule has 0 heterocycles. The zero-order valence-corrected chi connectivity index (χ0v) is 34.4. The Hall–Kier alpha value is 0.820. The summed E-state index contributed by atoms with van der Waals surface area (Å²) in [5.41, 5.74) is 0. The van der Waals surface area contributed by atoms with Crippen molar-refractivity contribution in [3.8, 4) is 0 Å². The molecule has 0 fully saturated rings. The Balaban J connectivity index is 3.35. The van der Waals surface area contributed by atoms with Crippen LogP contribution in [0, 0.1) is 0 Å². The summed E-state index contributed by atoms with van der Waals surface area (Å²) >= 11 is 4.98. The molecule has 0 aromatic carbocycles. The number of rotatable bonds is 38. The number of halogens is 2. The van der Waals surface area contributed by atoms with E-state index >= 15 is 0 Å². The quantitative estimate of drug-likeness (QED) is 0.0204. The van der Waals surface area contributed by atoms with Crippen molar-refractivity contribution in [2.75, 3.05) is 22.4 Å². The molecule has 45 heavy (non-hydrogen) atoms. The molecule has 5 heteroatoms. The third-order valence-electron chi connectivity index (χ3n) is 8.69. The highest BCUT2D eigenvalue weighted by Gasteiger charge is 2.03. The summed E-state index contributed by atoms with van der Waals surface area (Å²) in [6.45, 7) is 4.90. The van der Waals surface area contributed by atoms with Gasteiger partial charge >= 0.3 is 0 Å². The monoisotopic (exact) mass is 858 g/mol. The van der Waals surface area contributed by atoms with Crippen molar-refractivity contribution in [3.63, 3.8) is 0 Å². The third kappa shape index (κ3) is 40.9. The number of hydrogen-bond acceptors (Lipinski definition) is 3. The Labute approximate surface area is 309 Å². The molecule has 0 N–H and O–H groups in total. The normalized spacial score (nSPS) is 13.4. The van der Waals surface area contributed by atoms with Crippen molar-refractivity contribution in [2.45, 2.75) is 206 Å². The van der Waals surface area contributed by atoms with Crippen LogP contribution in [-0.4, -0.2) is 34.6 Å². The van der Waals surface area contributed by atoms with Gasteiger partial charge in [0.2, 0.25) is 0 Å². The van der Waals surface area contributed by atoms with E-state index in [9.17, 15) is 0 Å². The highest BCUT2D eigenvalue weighted by molar-refractivity contribution is 14.1. The molecule has 0 rings (SSSR count). The van der Waals surface area contributed by atoms with Crippen LogP contribution in [0.25, 0.3) is 0 Å². The fourth-order valence-corrected chi connectivity index (χ4v) is 6.64. The van der Waals surface area contributed by atoms with Crippen LogP contribution >= 0.6 is 45.2 Å². The SMILES string of the molecule is CC(CCC=CCCCCCCCCCCCCCI)OCOCOC(C)CCC=CCCCCCCCCCCCCCI. The minimum atomic E-state index is 0.216. The van der Waals surface area contributed by atoms with E-state index in [0.29, 0.717) is 13.6 Å². The van der Waals surface area contributed by atoms with Crippen molar-refractivity contribution < 1.29 is 14.2 Å². The first-order chi connectivity index (χ1) is 22.2. The molecule has 0 aliphatic heterocycles. The minimum absolute atomic E-state index is 0.216. The van der Waals surface area contributed by atoms with Crippen LogP contribution < -0.4 is 0 Å². The molecule has 0 aliphatic carbocycles. The van der Waals surface area contributed by atoms with Gasteiger partial charge in [0.05, 0.1) is 12.2 Å². The molecule has 0 saturated carbocycles. The van der Waals surface area contributed by atoms with E-state index < -0.39 is 0 Å². The van der Waals surface area contributed by atoms with E-state index in [1.807, 2.05) is 0 Å². The van der Waals surface area contributed by atoms with Crippen molar-refractivity contribution in [2.24, 2.45) is 0 Å². The first kappa shape index (κ1) is 45.8. The summed E-state index contributed by atoms with van der Waals surface area (Å²) < 4.78 is 19.8. The molecule has 0 aromatic rings. The van der Waals surface area contributed by atoms with Gasteiger partial charge in [0.15, 0.2) is 0 Å². The fourth-order valence-electron chi connectivity index (χ4n) is 5.56. The standard InChI is InChI=1S/C40H76I2O3/c1-39(33-29-25-21-17-13-9-5-3-7-11-15-19-23-27-31-35-41)44-37-43-38-45-40(2)34-30-26-22-18-14-10-6-4-8-12-16-20-24-28-32-36-42/h21-22,25-26,39-40H,3-20,23-24,27-38H2,1-2H3. The van der Waals surface area contributed by atoms with Crippen molar-refractivity contribution in [3.05, 3.63) is 24.3 Å². The van der Waals surface area contributed by atoms with Crippen molar-refractivity contribution in [1.82, 2.24) is 0 Å². The van der Waals surface area contributed by atoms with Gasteiger partial charge in [0.25, 0.3) is 0 Å². The van der Waals surface area contributed by atoms with Gasteiger partial charge in [-0.1, -0.05) is 185 Å². The molecule has 0 bridgehead atoms. The van der Waals surface area contributed by atoms with E-state index in [1.165, 1.54) is 163 Å². The molecule has 0 spiro atoms. The lowest BCUT2D eigenvalue weighted by Crippen LogP contribution is -2.15. The molecule has 0 radical (unpaired) electrons. The Kier molecular flexibility index (Phi) is 41.7. The Morgan fingerprint density at radius 2 is 0.644 bits per heavy atom. The first-order valence-corrected chi connectivity index (χ1v) is 22.5. The molecule has 2 atom stereocenters. The second-order valence-corrected chi connectivity index (χ2v) is 15.4. The molecular weight excluding hydrogens is 782 g/mol. The summed E-state index contributed by atoms with van der Waals surface area (Å²) in [4.78, 5) is 0. The van der Waals surface area contributed by atoms with E-state index in [2.05, 4.69) is 83.3 Å². The van der Waals surface area contributed by atoms with Crippen molar-refractivity contribution in [1.29, 1.82) is 0 Å². The average Bonchev–Trinajstić information content (AvgIpc) is 3.04. The van der Waals surface area contributed by atoms with Gasteiger partial charge in [0, 0.05) is 0 Å². The average molecular weight is 859 g/mol. The van der Waals surface area contributed by atoms with Crippen LogP contribution in [0.15, 0.2) is 24.3 Å². The summed E-state index contributed by atoms with van der Waals surface area (Å²) in [6, 6.07) is 0. The predicted molar refractivity (Wildman–Crippen MR) is 217 cm³/mol. The highest BCUT2D eigenvalue weighted by atomic mass is 127. The Morgan fingerprint density at radius 1 is 0.378 bits per heavy atom. The molecule has 3 nitrogen and oxygen atoms in total. The largest absolute Gasteiger partial charge is 0.352 e.